The smallest absolute Gasteiger partial charge is 0.326 e. The molecule has 0 fully saturated rings. The molecule has 0 bridgehead atoms. The number of ether oxygens (including phenoxy) is 1. The molecule has 3 rings (SSSR count). The Morgan fingerprint density at radius 2 is 2.07 bits per heavy atom. The minimum atomic E-state index is -0.929. The minimum Gasteiger partial charge on any atom is -0.451 e. The molecule has 7 nitrogen and oxygen atoms in total. The van der Waals surface area contributed by atoms with Crippen molar-refractivity contribution in [2.75, 3.05) is 6.54 Å². The van der Waals surface area contributed by atoms with Crippen LogP contribution in [0.25, 0.3) is 20.7 Å². The molecule has 1 N–H and O–H groups in total. The van der Waals surface area contributed by atoms with Crippen molar-refractivity contribution in [1.82, 2.24) is 14.9 Å². The molecular formula is C19H21N3O4S2. The first-order chi connectivity index (χ1) is 13.4. The molecule has 0 spiro atoms. The molecule has 9 heteroatoms. The summed E-state index contributed by atoms with van der Waals surface area (Å²) in [5.41, 5.74) is 0.514. The van der Waals surface area contributed by atoms with Crippen molar-refractivity contribution in [3.05, 3.63) is 39.6 Å². The fraction of sp³-hybridized carbons (Fsp3) is 0.368. The molecule has 1 amide bonds. The molecule has 28 heavy (non-hydrogen) atoms. The highest BCUT2D eigenvalue weighted by atomic mass is 32.1. The van der Waals surface area contributed by atoms with E-state index in [4.69, 9.17) is 4.74 Å². The van der Waals surface area contributed by atoms with E-state index in [1.54, 1.807) is 0 Å². The van der Waals surface area contributed by atoms with Gasteiger partial charge in [-0.25, -0.2) is 4.98 Å². The molecule has 0 saturated carbocycles. The topological polar surface area (TPSA) is 90.3 Å². The van der Waals surface area contributed by atoms with Crippen LogP contribution >= 0.6 is 22.7 Å². The summed E-state index contributed by atoms with van der Waals surface area (Å²) < 4.78 is 6.38. The lowest BCUT2D eigenvalue weighted by atomic mass is 10.2. The summed E-state index contributed by atoms with van der Waals surface area (Å²) in [5, 5.41) is 7.04. The van der Waals surface area contributed by atoms with Gasteiger partial charge >= 0.3 is 5.97 Å². The summed E-state index contributed by atoms with van der Waals surface area (Å²) >= 11 is 2.93. The van der Waals surface area contributed by atoms with Crippen LogP contribution in [0.15, 0.2) is 34.0 Å². The van der Waals surface area contributed by atoms with E-state index < -0.39 is 12.1 Å². The van der Waals surface area contributed by atoms with Gasteiger partial charge in [0.15, 0.2) is 6.10 Å². The van der Waals surface area contributed by atoms with Crippen LogP contribution in [0.4, 0.5) is 0 Å². The van der Waals surface area contributed by atoms with Crippen molar-refractivity contribution in [2.45, 2.75) is 33.4 Å². The van der Waals surface area contributed by atoms with Gasteiger partial charge in [-0.3, -0.25) is 19.0 Å². The van der Waals surface area contributed by atoms with E-state index in [1.807, 2.05) is 36.7 Å². The molecule has 0 aliphatic carbocycles. The van der Waals surface area contributed by atoms with Crippen LogP contribution in [0.2, 0.25) is 0 Å². The molecule has 3 aromatic heterocycles. The lowest BCUT2D eigenvalue weighted by molar-refractivity contribution is -0.155. The second kappa shape index (κ2) is 8.66. The van der Waals surface area contributed by atoms with E-state index in [9.17, 15) is 14.4 Å². The van der Waals surface area contributed by atoms with E-state index in [-0.39, 0.29) is 18.0 Å². The second-order valence-electron chi connectivity index (χ2n) is 6.76. The van der Waals surface area contributed by atoms with Gasteiger partial charge in [0.05, 0.1) is 11.7 Å². The number of rotatable bonds is 7. The number of hydrogen-bond donors (Lipinski definition) is 1. The first-order valence-electron chi connectivity index (χ1n) is 8.84. The number of hydrogen-bond acceptors (Lipinski definition) is 7. The van der Waals surface area contributed by atoms with Gasteiger partial charge in [0.2, 0.25) is 0 Å². The first kappa shape index (κ1) is 20.2. The quantitative estimate of drug-likeness (QED) is 0.595. The zero-order valence-corrected chi connectivity index (χ0v) is 17.4. The van der Waals surface area contributed by atoms with Gasteiger partial charge in [-0.05, 0) is 24.3 Å². The SMILES string of the molecule is CC(C)CNC(=O)[C@@H](C)OC(=O)Cn1cnc2scc(-c3cccs3)c2c1=O. The van der Waals surface area contributed by atoms with E-state index in [0.29, 0.717) is 22.7 Å². The average Bonchev–Trinajstić information content (AvgIpc) is 3.31. The van der Waals surface area contributed by atoms with Crippen molar-refractivity contribution in [3.8, 4) is 10.4 Å². The van der Waals surface area contributed by atoms with Gasteiger partial charge in [-0.2, -0.15) is 0 Å². The van der Waals surface area contributed by atoms with Crippen molar-refractivity contribution in [2.24, 2.45) is 5.92 Å². The summed E-state index contributed by atoms with van der Waals surface area (Å²) in [6.45, 7) is 5.65. The number of aromatic nitrogens is 2. The van der Waals surface area contributed by atoms with Gasteiger partial charge in [0.1, 0.15) is 11.4 Å². The van der Waals surface area contributed by atoms with E-state index in [0.717, 1.165) is 10.4 Å². The van der Waals surface area contributed by atoms with Gasteiger partial charge < -0.3 is 10.1 Å². The summed E-state index contributed by atoms with van der Waals surface area (Å²) in [7, 11) is 0. The van der Waals surface area contributed by atoms with Gasteiger partial charge in [0, 0.05) is 22.4 Å². The van der Waals surface area contributed by atoms with Gasteiger partial charge in [-0.1, -0.05) is 19.9 Å². The zero-order valence-electron chi connectivity index (χ0n) is 15.8. The third-order valence-corrected chi connectivity index (χ3v) is 5.80. The molecule has 0 saturated heterocycles. The molecular weight excluding hydrogens is 398 g/mol. The Labute approximate surface area is 170 Å². The number of thiophene rings is 2. The third-order valence-electron chi connectivity index (χ3n) is 4.01. The van der Waals surface area contributed by atoms with Crippen LogP contribution < -0.4 is 10.9 Å². The lowest BCUT2D eigenvalue weighted by Crippen LogP contribution is -2.38. The van der Waals surface area contributed by atoms with Crippen LogP contribution in [-0.4, -0.2) is 34.1 Å². The third kappa shape index (κ3) is 4.48. The predicted molar refractivity (Wildman–Crippen MR) is 111 cm³/mol. The molecule has 1 atom stereocenters. The maximum Gasteiger partial charge on any atom is 0.326 e. The van der Waals surface area contributed by atoms with Crippen LogP contribution in [0.3, 0.4) is 0 Å². The van der Waals surface area contributed by atoms with Crippen LogP contribution in [0.5, 0.6) is 0 Å². The number of fused-ring (bicyclic) bond motifs is 1. The molecule has 148 valence electrons. The van der Waals surface area contributed by atoms with Crippen molar-refractivity contribution in [3.63, 3.8) is 0 Å². The fourth-order valence-electron chi connectivity index (χ4n) is 2.57. The van der Waals surface area contributed by atoms with Crippen LogP contribution in [0.1, 0.15) is 20.8 Å². The highest BCUT2D eigenvalue weighted by Crippen LogP contribution is 2.33. The number of nitrogens with zero attached hydrogens (tertiary/aromatic N) is 2. The highest BCUT2D eigenvalue weighted by Gasteiger charge is 2.20. The molecule has 3 aromatic rings. The van der Waals surface area contributed by atoms with Crippen molar-refractivity contribution >= 4 is 44.8 Å². The van der Waals surface area contributed by atoms with E-state index in [2.05, 4.69) is 10.3 Å². The second-order valence-corrected chi connectivity index (χ2v) is 8.56. The number of nitrogens with one attached hydrogen (secondary N) is 1. The largest absolute Gasteiger partial charge is 0.451 e. The molecule has 0 radical (unpaired) electrons. The Morgan fingerprint density at radius 1 is 1.29 bits per heavy atom. The Kier molecular flexibility index (Phi) is 6.25. The molecule has 0 aromatic carbocycles. The number of carbonyl (C=O) groups excluding carboxylic acids is 2. The van der Waals surface area contributed by atoms with Crippen LogP contribution in [-0.2, 0) is 20.9 Å². The normalized spacial score (nSPS) is 12.3. The number of amides is 1. The van der Waals surface area contributed by atoms with Gasteiger partial charge in [-0.15, -0.1) is 22.7 Å². The summed E-state index contributed by atoms with van der Waals surface area (Å²) in [4.78, 5) is 42.9. The zero-order chi connectivity index (χ0) is 20.3. The lowest BCUT2D eigenvalue weighted by Gasteiger charge is -2.15. The Balaban J connectivity index is 1.75. The Bertz CT molecular complexity index is 1040. The average molecular weight is 420 g/mol. The summed E-state index contributed by atoms with van der Waals surface area (Å²) in [5.74, 6) is -0.726. The van der Waals surface area contributed by atoms with E-state index >= 15 is 0 Å². The molecule has 0 unspecified atom stereocenters. The molecule has 0 aliphatic heterocycles. The maximum absolute atomic E-state index is 12.9. The number of carbonyl (C=O) groups is 2. The molecule has 0 aliphatic rings. The fourth-order valence-corrected chi connectivity index (χ4v) is 4.29. The Hall–Kier alpha value is -2.52. The number of esters is 1. The predicted octanol–water partition coefficient (Wildman–Crippen LogP) is 2.89. The van der Waals surface area contributed by atoms with Crippen LogP contribution in [0, 0.1) is 5.92 Å². The van der Waals surface area contributed by atoms with Gasteiger partial charge in [0.25, 0.3) is 11.5 Å². The summed E-state index contributed by atoms with van der Waals surface area (Å²) in [6.07, 6.45) is 0.408. The standard InChI is InChI=1S/C19H21N3O4S2/c1-11(2)7-20-17(24)12(3)26-15(23)8-22-10-21-18-16(19(22)25)13(9-28-18)14-5-4-6-27-14/h4-6,9-12H,7-8H2,1-3H3,(H,20,24)/t12-/m1/s1. The minimum absolute atomic E-state index is 0.298. The van der Waals surface area contributed by atoms with Crippen molar-refractivity contribution in [1.29, 1.82) is 0 Å². The van der Waals surface area contributed by atoms with Crippen molar-refractivity contribution < 1.29 is 14.3 Å². The Morgan fingerprint density at radius 3 is 2.75 bits per heavy atom. The first-order valence-corrected chi connectivity index (χ1v) is 10.6. The molecule has 3 heterocycles. The monoisotopic (exact) mass is 419 g/mol. The summed E-state index contributed by atoms with van der Waals surface area (Å²) in [6, 6.07) is 3.86. The van der Waals surface area contributed by atoms with E-state index in [1.165, 1.54) is 40.5 Å². The maximum atomic E-state index is 12.9. The highest BCUT2D eigenvalue weighted by molar-refractivity contribution is 7.18.